The monoisotopic (exact) mass is 241 g/mol. The molecule has 3 heterocycles. The summed E-state index contributed by atoms with van der Waals surface area (Å²) in [6.45, 7) is 2.15. The average molecular weight is 241 g/mol. The predicted molar refractivity (Wildman–Crippen MR) is 60.8 cm³/mol. The van der Waals surface area contributed by atoms with Crippen LogP contribution in [0, 0.1) is 0 Å². The van der Waals surface area contributed by atoms with Gasteiger partial charge in [0.25, 0.3) is 0 Å². The van der Waals surface area contributed by atoms with Crippen molar-refractivity contribution >= 4 is 17.9 Å². The Balaban J connectivity index is 1.74. The smallest absolute Gasteiger partial charge is 0.229 e. The first-order valence-corrected chi connectivity index (χ1v) is 6.35. The van der Waals surface area contributed by atoms with Gasteiger partial charge in [-0.05, 0) is 30.9 Å². The van der Waals surface area contributed by atoms with Crippen molar-refractivity contribution in [1.29, 1.82) is 0 Å². The minimum Gasteiger partial charge on any atom is -0.311 e. The van der Waals surface area contributed by atoms with Gasteiger partial charge < -0.3 is 4.90 Å². The van der Waals surface area contributed by atoms with Crippen LogP contribution in [0.3, 0.4) is 0 Å². The predicted octanol–water partition coefficient (Wildman–Crippen LogP) is 0.445. The zero-order valence-electron chi connectivity index (χ0n) is 8.96. The number of fused-ring (bicyclic) bond motifs is 1. The number of nitrogens with two attached hydrogens (primary N) is 1. The van der Waals surface area contributed by atoms with E-state index in [1.54, 1.807) is 23.0 Å². The summed E-state index contributed by atoms with van der Waals surface area (Å²) in [7, 11) is 0. The minimum absolute atomic E-state index is 0.0793. The normalized spacial score (nSPS) is 37.9. The molecule has 16 heavy (non-hydrogen) atoms. The highest BCUT2D eigenvalue weighted by atomic mass is 32.2. The molecule has 0 aromatic carbocycles. The molecule has 88 valence electrons. The number of β-lactam (4-membered cyclic amide) rings is 1. The Morgan fingerprint density at radius 1 is 1.50 bits per heavy atom. The van der Waals surface area contributed by atoms with E-state index < -0.39 is 4.93 Å². The number of carbonyl (C=O) groups excluding carboxylic acids is 1. The molecule has 0 spiro atoms. The van der Waals surface area contributed by atoms with Crippen molar-refractivity contribution in [2.24, 2.45) is 5.90 Å². The highest BCUT2D eigenvalue weighted by Crippen LogP contribution is 2.46. The maximum absolute atomic E-state index is 11.3. The van der Waals surface area contributed by atoms with E-state index in [9.17, 15) is 4.79 Å². The van der Waals surface area contributed by atoms with E-state index in [1.807, 2.05) is 6.08 Å². The number of nitrogens with zero attached hydrogens (tertiary/aromatic N) is 2. The molecule has 2 saturated heterocycles. The van der Waals surface area contributed by atoms with Crippen LogP contribution in [0.2, 0.25) is 0 Å². The standard InChI is InChI=1S/C10H15N3O2S/c11-15-10(16-12-4-1-2-5-12)3-6-13-8(10)7-9(13)14/h3,6,8H,1-2,4-5,7,11H2/t8-,10?/m0/s1. The fraction of sp³-hybridized carbons (Fsp3) is 0.700. The Hall–Kier alpha value is -0.560. The van der Waals surface area contributed by atoms with Crippen molar-refractivity contribution in [2.45, 2.75) is 30.2 Å². The summed E-state index contributed by atoms with van der Waals surface area (Å²) in [6.07, 6.45) is 6.69. The van der Waals surface area contributed by atoms with Crippen molar-refractivity contribution in [1.82, 2.24) is 9.21 Å². The molecular weight excluding hydrogens is 226 g/mol. The number of amides is 1. The van der Waals surface area contributed by atoms with Crippen molar-refractivity contribution < 1.29 is 9.63 Å². The van der Waals surface area contributed by atoms with Crippen molar-refractivity contribution in [3.05, 3.63) is 12.3 Å². The van der Waals surface area contributed by atoms with E-state index in [1.165, 1.54) is 12.8 Å². The first-order chi connectivity index (χ1) is 7.75. The molecule has 3 aliphatic heterocycles. The molecule has 5 nitrogen and oxygen atoms in total. The fourth-order valence-electron chi connectivity index (χ4n) is 2.46. The molecule has 2 atom stereocenters. The van der Waals surface area contributed by atoms with Crippen LogP contribution >= 0.6 is 11.9 Å². The lowest BCUT2D eigenvalue weighted by Crippen LogP contribution is -2.58. The van der Waals surface area contributed by atoms with Gasteiger partial charge in [-0.1, -0.05) is 0 Å². The second-order valence-electron chi connectivity index (χ2n) is 4.40. The summed E-state index contributed by atoms with van der Waals surface area (Å²) >= 11 is 1.63. The molecule has 0 aromatic heterocycles. The van der Waals surface area contributed by atoms with Crippen LogP contribution in [-0.2, 0) is 9.63 Å². The van der Waals surface area contributed by atoms with Crippen LogP contribution in [0.4, 0.5) is 0 Å². The lowest BCUT2D eigenvalue weighted by Gasteiger charge is -2.43. The van der Waals surface area contributed by atoms with E-state index in [0.29, 0.717) is 6.42 Å². The third-order valence-electron chi connectivity index (χ3n) is 3.44. The molecule has 0 bridgehead atoms. The highest BCUT2D eigenvalue weighted by Gasteiger charge is 2.55. The van der Waals surface area contributed by atoms with Crippen molar-refractivity contribution in [3.63, 3.8) is 0 Å². The van der Waals surface area contributed by atoms with Gasteiger partial charge in [0.1, 0.15) is 0 Å². The number of hydrogen-bond donors (Lipinski definition) is 1. The van der Waals surface area contributed by atoms with Crippen LogP contribution in [0.15, 0.2) is 12.3 Å². The Labute approximate surface area is 98.7 Å². The van der Waals surface area contributed by atoms with E-state index in [2.05, 4.69) is 4.31 Å². The summed E-state index contributed by atoms with van der Waals surface area (Å²) in [5.41, 5.74) is 0. The molecule has 3 rings (SSSR count). The van der Waals surface area contributed by atoms with Crippen LogP contribution in [-0.4, -0.2) is 39.2 Å². The van der Waals surface area contributed by atoms with Crippen LogP contribution in [0.1, 0.15) is 19.3 Å². The Kier molecular flexibility index (Phi) is 2.47. The van der Waals surface area contributed by atoms with Gasteiger partial charge in [-0.15, -0.1) is 0 Å². The van der Waals surface area contributed by atoms with Gasteiger partial charge in [0.15, 0.2) is 4.93 Å². The zero-order chi connectivity index (χ0) is 11.2. The van der Waals surface area contributed by atoms with Gasteiger partial charge in [0.2, 0.25) is 5.91 Å². The van der Waals surface area contributed by atoms with Gasteiger partial charge in [-0.25, -0.2) is 10.2 Å². The van der Waals surface area contributed by atoms with Crippen LogP contribution in [0.5, 0.6) is 0 Å². The van der Waals surface area contributed by atoms with Gasteiger partial charge >= 0.3 is 0 Å². The SMILES string of the molecule is NOC1(SN2CCCC2)C=CN2C(=O)C[C@H]21. The molecular formula is C10H15N3O2S. The first-order valence-electron chi connectivity index (χ1n) is 5.58. The van der Waals surface area contributed by atoms with Gasteiger partial charge in [0, 0.05) is 19.3 Å². The molecule has 0 aliphatic carbocycles. The summed E-state index contributed by atoms with van der Waals surface area (Å²) in [5.74, 6) is 5.60. The maximum atomic E-state index is 11.3. The number of hydrogen-bond acceptors (Lipinski definition) is 5. The van der Waals surface area contributed by atoms with E-state index in [0.717, 1.165) is 13.1 Å². The van der Waals surface area contributed by atoms with Gasteiger partial charge in [-0.2, -0.15) is 0 Å². The van der Waals surface area contributed by atoms with Crippen molar-refractivity contribution in [3.8, 4) is 0 Å². The highest BCUT2D eigenvalue weighted by molar-refractivity contribution is 7.98. The molecule has 3 aliphatic rings. The summed E-state index contributed by atoms with van der Waals surface area (Å²) in [4.78, 5) is 17.7. The molecule has 1 unspecified atom stereocenters. The number of carbonyl (C=O) groups is 1. The molecule has 2 N–H and O–H groups in total. The molecule has 0 saturated carbocycles. The lowest BCUT2D eigenvalue weighted by molar-refractivity contribution is -0.146. The fourth-order valence-corrected chi connectivity index (χ4v) is 3.79. The zero-order valence-corrected chi connectivity index (χ0v) is 9.78. The van der Waals surface area contributed by atoms with E-state index in [-0.39, 0.29) is 11.9 Å². The largest absolute Gasteiger partial charge is 0.311 e. The lowest BCUT2D eigenvalue weighted by atomic mass is 10.0. The van der Waals surface area contributed by atoms with Gasteiger partial charge in [0.05, 0.1) is 12.5 Å². The summed E-state index contributed by atoms with van der Waals surface area (Å²) < 4.78 is 2.28. The molecule has 1 amide bonds. The first kappa shape index (κ1) is 10.6. The second kappa shape index (κ2) is 3.73. The summed E-state index contributed by atoms with van der Waals surface area (Å²) in [5, 5.41) is 0. The Morgan fingerprint density at radius 3 is 2.81 bits per heavy atom. The van der Waals surface area contributed by atoms with Crippen molar-refractivity contribution in [2.75, 3.05) is 13.1 Å². The average Bonchev–Trinajstić information content (AvgIpc) is 2.86. The third kappa shape index (κ3) is 1.41. The Bertz CT molecular complexity index is 343. The third-order valence-corrected chi connectivity index (χ3v) is 4.86. The molecule has 0 aromatic rings. The van der Waals surface area contributed by atoms with E-state index >= 15 is 0 Å². The quantitative estimate of drug-likeness (QED) is 0.336. The van der Waals surface area contributed by atoms with Crippen LogP contribution < -0.4 is 5.90 Å². The van der Waals surface area contributed by atoms with Crippen LogP contribution in [0.25, 0.3) is 0 Å². The van der Waals surface area contributed by atoms with Gasteiger partial charge in [-0.3, -0.25) is 9.63 Å². The Morgan fingerprint density at radius 2 is 2.25 bits per heavy atom. The minimum atomic E-state index is -0.557. The molecule has 6 heteroatoms. The second-order valence-corrected chi connectivity index (χ2v) is 5.74. The molecule has 2 fully saturated rings. The summed E-state index contributed by atoms with van der Waals surface area (Å²) in [6, 6.07) is 0.0793. The topological polar surface area (TPSA) is 58.8 Å². The number of rotatable bonds is 3. The maximum Gasteiger partial charge on any atom is 0.229 e. The van der Waals surface area contributed by atoms with E-state index in [4.69, 9.17) is 10.7 Å². The molecule has 0 radical (unpaired) electrons.